The Hall–Kier alpha value is -1.56. The Bertz CT molecular complexity index is 492. The maximum atomic E-state index is 12.5. The molecule has 0 spiro atoms. The van der Waals surface area contributed by atoms with Crippen LogP contribution < -0.4 is 0 Å². The van der Waals surface area contributed by atoms with E-state index in [-0.39, 0.29) is 51.1 Å². The maximum absolute atomic E-state index is 12.5. The largest absolute Gasteiger partial charge is 0.464 e. The highest BCUT2D eigenvalue weighted by Gasteiger charge is 2.42. The lowest BCUT2D eigenvalue weighted by Gasteiger charge is -2.44. The van der Waals surface area contributed by atoms with Gasteiger partial charge in [-0.2, -0.15) is 12.6 Å². The lowest BCUT2D eigenvalue weighted by atomic mass is 10.3. The van der Waals surface area contributed by atoms with Crippen molar-refractivity contribution in [1.82, 2.24) is 14.7 Å². The predicted octanol–water partition coefficient (Wildman–Crippen LogP) is -0.0337. The van der Waals surface area contributed by atoms with Gasteiger partial charge in [0.05, 0.1) is 39.3 Å². The second-order valence-corrected chi connectivity index (χ2v) is 6.59. The van der Waals surface area contributed by atoms with Crippen LogP contribution in [0.15, 0.2) is 0 Å². The number of amides is 4. The van der Waals surface area contributed by atoms with E-state index in [4.69, 9.17) is 14.2 Å². The molecule has 0 aromatic heterocycles. The number of esters is 1. The molecule has 4 amide bonds. The van der Waals surface area contributed by atoms with Crippen LogP contribution in [0.25, 0.3) is 0 Å². The Kier molecular flexibility index (Phi) is 9.70. The molecule has 11 heteroatoms. The summed E-state index contributed by atoms with van der Waals surface area (Å²) in [6, 6.07) is -1.31. The fourth-order valence-electron chi connectivity index (χ4n) is 2.30. The second-order valence-electron chi connectivity index (χ2n) is 5.71. The minimum Gasteiger partial charge on any atom is -0.464 e. The van der Waals surface area contributed by atoms with Crippen molar-refractivity contribution in [2.45, 2.75) is 24.9 Å². The van der Waals surface area contributed by atoms with Gasteiger partial charge in [0.25, 0.3) is 0 Å². The summed E-state index contributed by atoms with van der Waals surface area (Å²) >= 11 is 4.11. The summed E-state index contributed by atoms with van der Waals surface area (Å²) in [7, 11) is 2.92. The first-order valence-electron chi connectivity index (χ1n) is 8.21. The van der Waals surface area contributed by atoms with E-state index in [1.165, 1.54) is 14.2 Å². The third-order valence-electron chi connectivity index (χ3n) is 3.62. The topological polar surface area (TPSA) is 109 Å². The molecule has 26 heavy (non-hydrogen) atoms. The second kappa shape index (κ2) is 11.2. The van der Waals surface area contributed by atoms with E-state index in [1.807, 2.05) is 0 Å². The number of aliphatic hydroxyl groups is 1. The fourth-order valence-corrected chi connectivity index (χ4v) is 2.45. The number of hydrogen-bond acceptors (Lipinski definition) is 8. The van der Waals surface area contributed by atoms with Gasteiger partial charge in [-0.1, -0.05) is 6.92 Å². The zero-order valence-electron chi connectivity index (χ0n) is 15.3. The normalized spacial score (nSPS) is 19.1. The monoisotopic (exact) mass is 393 g/mol. The minimum absolute atomic E-state index is 0.0395. The summed E-state index contributed by atoms with van der Waals surface area (Å²) in [6.45, 7) is 2.08. The van der Waals surface area contributed by atoms with Crippen LogP contribution >= 0.6 is 12.6 Å². The van der Waals surface area contributed by atoms with Crippen LogP contribution in [0.4, 0.5) is 9.59 Å². The molecule has 1 fully saturated rings. The molecule has 150 valence electrons. The van der Waals surface area contributed by atoms with Crippen LogP contribution in [-0.4, -0.2) is 103 Å². The molecule has 0 bridgehead atoms. The van der Waals surface area contributed by atoms with E-state index in [0.29, 0.717) is 0 Å². The molecule has 0 aliphatic carbocycles. The Labute approximate surface area is 158 Å². The molecular weight excluding hydrogens is 366 g/mol. The number of aliphatic hydroxyl groups excluding tert-OH is 1. The van der Waals surface area contributed by atoms with Crippen LogP contribution in [0.5, 0.6) is 0 Å². The van der Waals surface area contributed by atoms with Gasteiger partial charge in [-0.05, 0) is 0 Å². The van der Waals surface area contributed by atoms with Crippen LogP contribution in [-0.2, 0) is 19.0 Å². The first-order chi connectivity index (χ1) is 12.3. The number of urea groups is 2. The molecule has 2 atom stereocenters. The van der Waals surface area contributed by atoms with Gasteiger partial charge in [-0.25, -0.2) is 14.5 Å². The summed E-state index contributed by atoms with van der Waals surface area (Å²) in [4.78, 5) is 39.7. The van der Waals surface area contributed by atoms with E-state index in [0.717, 1.165) is 14.7 Å². The summed E-state index contributed by atoms with van der Waals surface area (Å²) in [5.41, 5.74) is 0. The molecule has 0 saturated carbocycles. The van der Waals surface area contributed by atoms with Crippen molar-refractivity contribution in [3.63, 3.8) is 0 Å². The van der Waals surface area contributed by atoms with Gasteiger partial charge < -0.3 is 19.3 Å². The SMILES string of the molecule is COCCN1C(=O)N(CCOC)C(O)N(CCOC(=O)CC(C)S)C1=O. The number of hydrogen-bond donors (Lipinski definition) is 2. The first kappa shape index (κ1) is 22.5. The highest BCUT2D eigenvalue weighted by atomic mass is 32.1. The number of carbonyl (C=O) groups excluding carboxylic acids is 3. The molecule has 0 aromatic rings. The number of carbonyl (C=O) groups is 3. The molecule has 1 aliphatic rings. The Morgan fingerprint density at radius 2 is 1.58 bits per heavy atom. The lowest BCUT2D eigenvalue weighted by molar-refractivity contribution is -0.146. The van der Waals surface area contributed by atoms with E-state index in [1.54, 1.807) is 6.92 Å². The van der Waals surface area contributed by atoms with Gasteiger partial charge in [0.2, 0.25) is 6.35 Å². The van der Waals surface area contributed by atoms with Gasteiger partial charge >= 0.3 is 18.0 Å². The smallest absolute Gasteiger partial charge is 0.331 e. The van der Waals surface area contributed by atoms with E-state index in [9.17, 15) is 19.5 Å². The minimum atomic E-state index is -1.47. The molecule has 1 saturated heterocycles. The molecule has 0 aromatic carbocycles. The van der Waals surface area contributed by atoms with Crippen molar-refractivity contribution in [3.05, 3.63) is 0 Å². The number of nitrogens with zero attached hydrogens (tertiary/aromatic N) is 3. The van der Waals surface area contributed by atoms with Gasteiger partial charge in [0.15, 0.2) is 0 Å². The summed E-state index contributed by atoms with van der Waals surface area (Å²) in [5, 5.41) is 10.3. The van der Waals surface area contributed by atoms with Crippen molar-refractivity contribution in [3.8, 4) is 0 Å². The molecule has 1 heterocycles. The molecule has 1 N–H and O–H groups in total. The van der Waals surface area contributed by atoms with Crippen molar-refractivity contribution < 1.29 is 33.7 Å². The Balaban J connectivity index is 2.77. The molecule has 1 aliphatic heterocycles. The van der Waals surface area contributed by atoms with Gasteiger partial charge in [-0.3, -0.25) is 14.6 Å². The Morgan fingerprint density at radius 1 is 1.08 bits per heavy atom. The van der Waals surface area contributed by atoms with Gasteiger partial charge in [-0.15, -0.1) is 0 Å². The van der Waals surface area contributed by atoms with Crippen LogP contribution in [0.2, 0.25) is 0 Å². The molecule has 10 nitrogen and oxygen atoms in total. The third kappa shape index (κ3) is 6.31. The number of rotatable bonds is 11. The molecule has 1 rings (SSSR count). The highest BCUT2D eigenvalue weighted by Crippen LogP contribution is 2.18. The quantitative estimate of drug-likeness (QED) is 0.375. The first-order valence-corrected chi connectivity index (χ1v) is 8.73. The predicted molar refractivity (Wildman–Crippen MR) is 94.7 cm³/mol. The number of imide groups is 1. The van der Waals surface area contributed by atoms with Crippen LogP contribution in [0.1, 0.15) is 13.3 Å². The molecular formula is C15H27N3O7S. The summed E-state index contributed by atoms with van der Waals surface area (Å²) < 4.78 is 14.9. The summed E-state index contributed by atoms with van der Waals surface area (Å²) in [5.74, 6) is -0.449. The number of ether oxygens (including phenoxy) is 3. The van der Waals surface area contributed by atoms with Crippen molar-refractivity contribution in [2.75, 3.05) is 53.7 Å². The zero-order chi connectivity index (χ0) is 19.7. The van der Waals surface area contributed by atoms with Crippen molar-refractivity contribution >= 4 is 30.7 Å². The van der Waals surface area contributed by atoms with Crippen molar-refractivity contribution in [1.29, 1.82) is 0 Å². The average molecular weight is 393 g/mol. The van der Waals surface area contributed by atoms with Crippen molar-refractivity contribution in [2.24, 2.45) is 0 Å². The van der Waals surface area contributed by atoms with Crippen LogP contribution in [0.3, 0.4) is 0 Å². The highest BCUT2D eigenvalue weighted by molar-refractivity contribution is 7.80. The third-order valence-corrected chi connectivity index (χ3v) is 3.81. The standard InChI is InChI=1S/C15H27N3O7S/c1-11(26)10-12(19)25-9-6-18-14(21)16(4-7-23-2)13(20)17(15(18)22)5-8-24-3/h11,14,21,26H,4-10H2,1-3H3. The number of methoxy groups -OCH3 is 2. The molecule has 0 radical (unpaired) electrons. The average Bonchev–Trinajstić information content (AvgIpc) is 2.57. The number of thiol groups is 1. The van der Waals surface area contributed by atoms with Crippen LogP contribution in [0, 0.1) is 0 Å². The van der Waals surface area contributed by atoms with E-state index in [2.05, 4.69) is 12.6 Å². The van der Waals surface area contributed by atoms with Gasteiger partial charge in [0.1, 0.15) is 6.61 Å². The lowest BCUT2D eigenvalue weighted by Crippen LogP contribution is -2.67. The van der Waals surface area contributed by atoms with E-state index < -0.39 is 24.4 Å². The van der Waals surface area contributed by atoms with E-state index >= 15 is 0 Å². The fraction of sp³-hybridized carbons (Fsp3) is 0.800. The Morgan fingerprint density at radius 3 is 2.08 bits per heavy atom. The maximum Gasteiger partial charge on any atom is 0.331 e. The van der Waals surface area contributed by atoms with Gasteiger partial charge in [0, 0.05) is 19.5 Å². The summed E-state index contributed by atoms with van der Waals surface area (Å²) in [6.07, 6.45) is -1.33. The molecule has 2 unspecified atom stereocenters. The zero-order valence-corrected chi connectivity index (χ0v) is 16.2.